The highest BCUT2D eigenvalue weighted by atomic mass is 32.2. The zero-order valence-corrected chi connectivity index (χ0v) is 20.0. The number of para-hydroxylation sites is 2. The van der Waals surface area contributed by atoms with Crippen LogP contribution in [0.4, 0.5) is 5.69 Å². The molecule has 1 atom stereocenters. The molecular weight excluding hydrogens is 430 g/mol. The normalized spacial score (nSPS) is 12.0. The Hall–Kier alpha value is -3.07. The first-order chi connectivity index (χ1) is 15.1. The molecule has 2 aromatic carbocycles. The second-order valence-electron chi connectivity index (χ2n) is 7.47. The zero-order valence-electron chi connectivity index (χ0n) is 19.2. The van der Waals surface area contributed by atoms with Gasteiger partial charge in [0, 0.05) is 13.6 Å². The molecule has 0 bridgehead atoms. The minimum absolute atomic E-state index is 0.166. The van der Waals surface area contributed by atoms with Gasteiger partial charge in [-0.1, -0.05) is 42.0 Å². The lowest BCUT2D eigenvalue weighted by atomic mass is 10.1. The minimum atomic E-state index is -3.81. The molecule has 0 aliphatic carbocycles. The van der Waals surface area contributed by atoms with Gasteiger partial charge in [0.2, 0.25) is 21.8 Å². The number of hydrogen-bond acceptors (Lipinski definition) is 5. The highest BCUT2D eigenvalue weighted by Crippen LogP contribution is 2.30. The minimum Gasteiger partial charge on any atom is -0.492 e. The molecule has 174 valence electrons. The Labute approximate surface area is 190 Å². The van der Waals surface area contributed by atoms with Gasteiger partial charge in [-0.25, -0.2) is 8.42 Å². The van der Waals surface area contributed by atoms with Crippen molar-refractivity contribution in [2.75, 3.05) is 30.8 Å². The molecule has 0 aliphatic rings. The van der Waals surface area contributed by atoms with Crippen LogP contribution in [0.5, 0.6) is 5.75 Å². The van der Waals surface area contributed by atoms with Crippen molar-refractivity contribution < 1.29 is 22.7 Å². The van der Waals surface area contributed by atoms with Crippen molar-refractivity contribution in [2.24, 2.45) is 0 Å². The molecule has 0 spiro atoms. The number of likely N-dealkylation sites (N-methyl/N-ethyl adjacent to an activating group) is 1. The SMILES string of the molecule is CCOc1ccccc1N(CC(=O)N(Cc1cccc(C)c1)[C@H](C)C(=O)NC)S(C)(=O)=O. The molecule has 2 aromatic rings. The number of carbonyl (C=O) groups is 2. The van der Waals surface area contributed by atoms with Crippen molar-refractivity contribution in [3.05, 3.63) is 59.7 Å². The van der Waals surface area contributed by atoms with Crippen molar-refractivity contribution >= 4 is 27.5 Å². The van der Waals surface area contributed by atoms with Crippen molar-refractivity contribution in [1.82, 2.24) is 10.2 Å². The lowest BCUT2D eigenvalue weighted by Crippen LogP contribution is -2.50. The van der Waals surface area contributed by atoms with Gasteiger partial charge >= 0.3 is 0 Å². The molecule has 0 heterocycles. The van der Waals surface area contributed by atoms with Crippen LogP contribution in [-0.2, 0) is 26.2 Å². The molecule has 8 nitrogen and oxygen atoms in total. The van der Waals surface area contributed by atoms with Crippen molar-refractivity contribution in [2.45, 2.75) is 33.4 Å². The number of carbonyl (C=O) groups excluding carboxylic acids is 2. The standard InChI is InChI=1S/C23H31N3O5S/c1-6-31-21-13-8-7-12-20(21)26(32(5,29)30)16-22(27)25(18(3)23(28)24-4)15-19-11-9-10-17(2)14-19/h7-14,18H,6,15-16H2,1-5H3,(H,24,28)/t18-/m1/s1. The molecule has 32 heavy (non-hydrogen) atoms. The van der Waals surface area contributed by atoms with Crippen LogP contribution in [0.3, 0.4) is 0 Å². The first-order valence-electron chi connectivity index (χ1n) is 10.3. The Kier molecular flexibility index (Phi) is 8.65. The molecule has 9 heteroatoms. The van der Waals surface area contributed by atoms with Gasteiger partial charge in [0.25, 0.3) is 0 Å². The quantitative estimate of drug-likeness (QED) is 0.586. The fourth-order valence-corrected chi connectivity index (χ4v) is 4.19. The van der Waals surface area contributed by atoms with Gasteiger partial charge < -0.3 is 15.0 Å². The lowest BCUT2D eigenvalue weighted by Gasteiger charge is -2.31. The molecule has 0 saturated heterocycles. The summed E-state index contributed by atoms with van der Waals surface area (Å²) in [5, 5.41) is 2.55. The fraction of sp³-hybridized carbons (Fsp3) is 0.391. The first kappa shape index (κ1) is 25.2. The van der Waals surface area contributed by atoms with Crippen LogP contribution in [0.25, 0.3) is 0 Å². The Balaban J connectivity index is 2.43. The van der Waals surface area contributed by atoms with Gasteiger partial charge in [-0.05, 0) is 38.5 Å². The summed E-state index contributed by atoms with van der Waals surface area (Å²) < 4.78 is 31.8. The monoisotopic (exact) mass is 461 g/mol. The molecule has 0 fully saturated rings. The maximum Gasteiger partial charge on any atom is 0.244 e. The summed E-state index contributed by atoms with van der Waals surface area (Å²) in [4.78, 5) is 27.1. The summed E-state index contributed by atoms with van der Waals surface area (Å²) in [6.07, 6.45) is 1.04. The van der Waals surface area contributed by atoms with Crippen LogP contribution < -0.4 is 14.4 Å². The summed E-state index contributed by atoms with van der Waals surface area (Å²) in [5.41, 5.74) is 2.13. The second kappa shape index (κ2) is 11.0. The van der Waals surface area contributed by atoms with E-state index in [1.54, 1.807) is 38.1 Å². The summed E-state index contributed by atoms with van der Waals surface area (Å²) in [5.74, 6) is -0.483. The number of sulfonamides is 1. The van der Waals surface area contributed by atoms with Crippen LogP contribution in [0.2, 0.25) is 0 Å². The number of aryl methyl sites for hydroxylation is 1. The van der Waals surface area contributed by atoms with E-state index in [2.05, 4.69) is 5.32 Å². The molecule has 2 rings (SSSR count). The van der Waals surface area contributed by atoms with E-state index >= 15 is 0 Å². The van der Waals surface area contributed by atoms with E-state index in [-0.39, 0.29) is 18.1 Å². The molecule has 0 aliphatic heterocycles. The van der Waals surface area contributed by atoms with Gasteiger partial charge in [-0.3, -0.25) is 13.9 Å². The van der Waals surface area contributed by atoms with E-state index in [1.165, 1.54) is 11.9 Å². The lowest BCUT2D eigenvalue weighted by molar-refractivity contribution is -0.139. The molecule has 0 unspecified atom stereocenters. The van der Waals surface area contributed by atoms with Crippen molar-refractivity contribution in [3.63, 3.8) is 0 Å². The largest absolute Gasteiger partial charge is 0.492 e. The van der Waals surface area contributed by atoms with Gasteiger partial charge in [-0.15, -0.1) is 0 Å². The Morgan fingerprint density at radius 2 is 1.81 bits per heavy atom. The number of rotatable bonds is 10. The Morgan fingerprint density at radius 1 is 1.12 bits per heavy atom. The number of hydrogen-bond donors (Lipinski definition) is 1. The molecule has 0 radical (unpaired) electrons. The van der Waals surface area contributed by atoms with Crippen LogP contribution in [-0.4, -0.2) is 57.6 Å². The molecule has 0 aromatic heterocycles. The highest BCUT2D eigenvalue weighted by Gasteiger charge is 2.30. The number of amides is 2. The summed E-state index contributed by atoms with van der Waals surface area (Å²) >= 11 is 0. The van der Waals surface area contributed by atoms with E-state index in [1.807, 2.05) is 31.2 Å². The first-order valence-corrected chi connectivity index (χ1v) is 12.2. The molecule has 0 saturated carbocycles. The fourth-order valence-electron chi connectivity index (χ4n) is 3.33. The Bertz CT molecular complexity index is 1060. The molecular formula is C23H31N3O5S. The molecule has 1 N–H and O–H groups in total. The van der Waals surface area contributed by atoms with E-state index < -0.39 is 28.5 Å². The van der Waals surface area contributed by atoms with Gasteiger partial charge in [0.05, 0.1) is 18.6 Å². The maximum atomic E-state index is 13.4. The third kappa shape index (κ3) is 6.46. The number of nitrogens with zero attached hydrogens (tertiary/aromatic N) is 2. The van der Waals surface area contributed by atoms with Gasteiger partial charge in [-0.2, -0.15) is 0 Å². The summed E-state index contributed by atoms with van der Waals surface area (Å²) in [6.45, 7) is 5.40. The molecule has 2 amide bonds. The van der Waals surface area contributed by atoms with Crippen molar-refractivity contribution in [1.29, 1.82) is 0 Å². The summed E-state index contributed by atoms with van der Waals surface area (Å²) in [6, 6.07) is 13.5. The third-order valence-corrected chi connectivity index (χ3v) is 6.09. The second-order valence-corrected chi connectivity index (χ2v) is 9.38. The van der Waals surface area contributed by atoms with E-state index in [0.29, 0.717) is 12.4 Å². The van der Waals surface area contributed by atoms with Gasteiger partial charge in [0.1, 0.15) is 18.3 Å². The average Bonchev–Trinajstić information content (AvgIpc) is 2.74. The highest BCUT2D eigenvalue weighted by molar-refractivity contribution is 7.92. The number of ether oxygens (including phenoxy) is 1. The van der Waals surface area contributed by atoms with Crippen LogP contribution >= 0.6 is 0 Å². The topological polar surface area (TPSA) is 96.0 Å². The van der Waals surface area contributed by atoms with E-state index in [4.69, 9.17) is 4.74 Å². The predicted molar refractivity (Wildman–Crippen MR) is 125 cm³/mol. The van der Waals surface area contributed by atoms with Crippen LogP contribution in [0.1, 0.15) is 25.0 Å². The van der Waals surface area contributed by atoms with Crippen LogP contribution in [0.15, 0.2) is 48.5 Å². The predicted octanol–water partition coefficient (Wildman–Crippen LogP) is 2.32. The van der Waals surface area contributed by atoms with Gasteiger partial charge in [0.15, 0.2) is 0 Å². The number of nitrogens with one attached hydrogen (secondary N) is 1. The zero-order chi connectivity index (χ0) is 23.9. The average molecular weight is 462 g/mol. The smallest absolute Gasteiger partial charge is 0.244 e. The third-order valence-electron chi connectivity index (χ3n) is 4.96. The maximum absolute atomic E-state index is 13.4. The summed E-state index contributed by atoms with van der Waals surface area (Å²) in [7, 11) is -2.32. The van der Waals surface area contributed by atoms with Crippen LogP contribution in [0, 0.1) is 6.92 Å². The van der Waals surface area contributed by atoms with E-state index in [9.17, 15) is 18.0 Å². The Morgan fingerprint density at radius 3 is 2.41 bits per heavy atom. The van der Waals surface area contributed by atoms with E-state index in [0.717, 1.165) is 21.7 Å². The number of anilines is 1. The van der Waals surface area contributed by atoms with Crippen molar-refractivity contribution in [3.8, 4) is 5.75 Å². The number of benzene rings is 2.